The molecule has 2 aromatic rings. The molecule has 1 N–H and O–H groups in total. The molecule has 0 saturated heterocycles. The summed E-state index contributed by atoms with van der Waals surface area (Å²) in [5.41, 5.74) is 1.19. The zero-order valence-corrected chi connectivity index (χ0v) is 14.9. The molecule has 2 aliphatic rings. The lowest BCUT2D eigenvalue weighted by molar-refractivity contribution is -0.141. The van der Waals surface area contributed by atoms with E-state index in [1.54, 1.807) is 12.4 Å². The molecule has 2 amide bonds. The van der Waals surface area contributed by atoms with Crippen LogP contribution in [-0.4, -0.2) is 37.8 Å². The third-order valence-electron chi connectivity index (χ3n) is 5.36. The first kappa shape index (κ1) is 16.8. The van der Waals surface area contributed by atoms with E-state index < -0.39 is 0 Å². The van der Waals surface area contributed by atoms with E-state index in [1.165, 1.54) is 0 Å². The Kier molecular flexibility index (Phi) is 4.44. The van der Waals surface area contributed by atoms with Crippen LogP contribution in [0.1, 0.15) is 54.2 Å². The van der Waals surface area contributed by atoms with Crippen molar-refractivity contribution >= 4 is 11.8 Å². The van der Waals surface area contributed by atoms with Gasteiger partial charge in [0.15, 0.2) is 0 Å². The van der Waals surface area contributed by atoms with Crippen molar-refractivity contribution in [2.75, 3.05) is 6.54 Å². The Labute approximate surface area is 152 Å². The molecule has 1 aliphatic carbocycles. The van der Waals surface area contributed by atoms with Crippen LogP contribution in [0.15, 0.2) is 30.6 Å². The molecule has 2 aromatic heterocycles. The van der Waals surface area contributed by atoms with Crippen molar-refractivity contribution in [3.63, 3.8) is 0 Å². The molecule has 7 nitrogen and oxygen atoms in total. The van der Waals surface area contributed by atoms with Crippen LogP contribution >= 0.6 is 0 Å². The molecular weight excluding hydrogens is 330 g/mol. The number of nitrogens with one attached hydrogen (secondary N) is 1. The summed E-state index contributed by atoms with van der Waals surface area (Å²) in [6.07, 6.45) is 6.63. The molecule has 1 aliphatic heterocycles. The minimum absolute atomic E-state index is 0.103. The van der Waals surface area contributed by atoms with Crippen LogP contribution in [0, 0.1) is 5.92 Å². The molecule has 0 spiro atoms. The molecule has 4 rings (SSSR count). The van der Waals surface area contributed by atoms with Gasteiger partial charge in [0.2, 0.25) is 5.91 Å². The number of imidazole rings is 1. The zero-order chi connectivity index (χ0) is 18.1. The fourth-order valence-electron chi connectivity index (χ4n) is 3.56. The lowest BCUT2D eigenvalue weighted by Crippen LogP contribution is -2.45. The number of amides is 2. The number of nitrogens with zero attached hydrogens (tertiary/aromatic N) is 4. The van der Waals surface area contributed by atoms with Crippen molar-refractivity contribution in [1.82, 2.24) is 24.8 Å². The summed E-state index contributed by atoms with van der Waals surface area (Å²) in [4.78, 5) is 35.7. The largest absolute Gasteiger partial charge is 0.345 e. The Morgan fingerprint density at radius 3 is 2.81 bits per heavy atom. The third kappa shape index (κ3) is 3.09. The summed E-state index contributed by atoms with van der Waals surface area (Å²) >= 11 is 0. The summed E-state index contributed by atoms with van der Waals surface area (Å²) in [6.45, 7) is 3.71. The number of pyridine rings is 1. The van der Waals surface area contributed by atoms with Gasteiger partial charge in [0.25, 0.3) is 5.91 Å². The Hall–Kier alpha value is -2.70. The van der Waals surface area contributed by atoms with Gasteiger partial charge in [-0.2, -0.15) is 0 Å². The van der Waals surface area contributed by atoms with Crippen LogP contribution < -0.4 is 5.32 Å². The normalized spacial score (nSPS) is 19.6. The number of carbonyl (C=O) groups is 2. The Balaban J connectivity index is 1.44. The van der Waals surface area contributed by atoms with Crippen molar-refractivity contribution in [2.24, 2.45) is 5.92 Å². The number of rotatable bonds is 4. The maximum absolute atomic E-state index is 12.6. The first-order valence-electron chi connectivity index (χ1n) is 9.19. The Bertz CT molecular complexity index is 813. The Morgan fingerprint density at radius 1 is 1.27 bits per heavy atom. The van der Waals surface area contributed by atoms with Gasteiger partial charge in [0.1, 0.15) is 11.5 Å². The van der Waals surface area contributed by atoms with E-state index in [4.69, 9.17) is 0 Å². The monoisotopic (exact) mass is 353 g/mol. The molecule has 26 heavy (non-hydrogen) atoms. The number of hydrogen-bond donors (Lipinski definition) is 1. The first-order valence-corrected chi connectivity index (χ1v) is 9.19. The topological polar surface area (TPSA) is 80.1 Å². The van der Waals surface area contributed by atoms with Crippen LogP contribution in [0.2, 0.25) is 0 Å². The molecule has 7 heteroatoms. The molecule has 3 heterocycles. The van der Waals surface area contributed by atoms with E-state index in [0.29, 0.717) is 25.3 Å². The highest BCUT2D eigenvalue weighted by atomic mass is 16.2. The fraction of sp³-hybridized carbons (Fsp3) is 0.474. The average Bonchev–Trinajstić information content (AvgIpc) is 3.04. The molecule has 0 aromatic carbocycles. The van der Waals surface area contributed by atoms with Crippen LogP contribution in [0.3, 0.4) is 0 Å². The SMILES string of the molecule is C[C@H]1c2nc(C(=O)NCc3ccccn3)cn2CCN1C(=O)C1CCC1. The van der Waals surface area contributed by atoms with Gasteiger partial charge in [-0.05, 0) is 31.9 Å². The second-order valence-corrected chi connectivity index (χ2v) is 7.02. The fourth-order valence-corrected chi connectivity index (χ4v) is 3.56. The van der Waals surface area contributed by atoms with Crippen molar-refractivity contribution in [1.29, 1.82) is 0 Å². The van der Waals surface area contributed by atoms with E-state index in [1.807, 2.05) is 34.6 Å². The molecule has 1 saturated carbocycles. The van der Waals surface area contributed by atoms with Gasteiger partial charge in [0, 0.05) is 31.4 Å². The summed E-state index contributed by atoms with van der Waals surface area (Å²) < 4.78 is 1.99. The molecule has 0 radical (unpaired) electrons. The van der Waals surface area contributed by atoms with Gasteiger partial charge in [-0.15, -0.1) is 0 Å². The van der Waals surface area contributed by atoms with Gasteiger partial charge in [-0.25, -0.2) is 4.98 Å². The predicted octanol–water partition coefficient (Wildman–Crippen LogP) is 1.91. The smallest absolute Gasteiger partial charge is 0.271 e. The van der Waals surface area contributed by atoms with Gasteiger partial charge in [-0.3, -0.25) is 14.6 Å². The number of hydrogen-bond acceptors (Lipinski definition) is 4. The summed E-state index contributed by atoms with van der Waals surface area (Å²) in [5, 5.41) is 2.85. The molecule has 1 atom stereocenters. The van der Waals surface area contributed by atoms with Crippen molar-refractivity contribution < 1.29 is 9.59 Å². The van der Waals surface area contributed by atoms with Crippen LogP contribution in [0.5, 0.6) is 0 Å². The van der Waals surface area contributed by atoms with Crippen molar-refractivity contribution in [3.05, 3.63) is 47.8 Å². The van der Waals surface area contributed by atoms with Gasteiger partial charge in [-0.1, -0.05) is 12.5 Å². The average molecular weight is 353 g/mol. The number of fused-ring (bicyclic) bond motifs is 1. The lowest BCUT2D eigenvalue weighted by Gasteiger charge is -2.38. The van der Waals surface area contributed by atoms with Gasteiger partial charge in [0.05, 0.1) is 18.3 Å². The van der Waals surface area contributed by atoms with Crippen molar-refractivity contribution in [3.8, 4) is 0 Å². The Morgan fingerprint density at radius 2 is 2.12 bits per heavy atom. The summed E-state index contributed by atoms with van der Waals surface area (Å²) in [5.74, 6) is 0.979. The van der Waals surface area contributed by atoms with E-state index in [0.717, 1.165) is 30.8 Å². The highest BCUT2D eigenvalue weighted by Crippen LogP contribution is 2.33. The standard InChI is InChI=1S/C19H23N5O2/c1-13-17-22-16(18(25)21-11-15-7-2-3-8-20-15)12-23(17)9-10-24(13)19(26)14-5-4-6-14/h2-3,7-8,12-14H,4-6,9-11H2,1H3,(H,21,25)/t13-/m0/s1. The number of carbonyl (C=O) groups excluding carboxylic acids is 2. The van der Waals surface area contributed by atoms with Crippen LogP contribution in [0.4, 0.5) is 0 Å². The maximum Gasteiger partial charge on any atom is 0.271 e. The van der Waals surface area contributed by atoms with Crippen LogP contribution in [-0.2, 0) is 17.9 Å². The first-order chi connectivity index (χ1) is 12.6. The molecule has 0 bridgehead atoms. The second-order valence-electron chi connectivity index (χ2n) is 7.02. The molecule has 0 unspecified atom stereocenters. The summed E-state index contributed by atoms with van der Waals surface area (Å²) in [6, 6.07) is 5.49. The maximum atomic E-state index is 12.6. The van der Waals surface area contributed by atoms with Gasteiger partial charge >= 0.3 is 0 Å². The molecular formula is C19H23N5O2. The third-order valence-corrected chi connectivity index (χ3v) is 5.36. The van der Waals surface area contributed by atoms with Crippen LogP contribution in [0.25, 0.3) is 0 Å². The zero-order valence-electron chi connectivity index (χ0n) is 14.9. The van der Waals surface area contributed by atoms with E-state index in [9.17, 15) is 9.59 Å². The second kappa shape index (κ2) is 6.90. The number of aromatic nitrogens is 3. The highest BCUT2D eigenvalue weighted by molar-refractivity contribution is 5.92. The van der Waals surface area contributed by atoms with E-state index in [-0.39, 0.29) is 23.8 Å². The lowest BCUT2D eigenvalue weighted by atomic mass is 9.84. The minimum Gasteiger partial charge on any atom is -0.345 e. The predicted molar refractivity (Wildman–Crippen MR) is 95.1 cm³/mol. The van der Waals surface area contributed by atoms with Gasteiger partial charge < -0.3 is 14.8 Å². The van der Waals surface area contributed by atoms with Crippen molar-refractivity contribution in [2.45, 2.75) is 45.3 Å². The highest BCUT2D eigenvalue weighted by Gasteiger charge is 2.36. The quantitative estimate of drug-likeness (QED) is 0.910. The van der Waals surface area contributed by atoms with E-state index in [2.05, 4.69) is 15.3 Å². The van der Waals surface area contributed by atoms with E-state index >= 15 is 0 Å². The molecule has 1 fully saturated rings. The summed E-state index contributed by atoms with van der Waals surface area (Å²) in [7, 11) is 0. The molecule has 136 valence electrons. The minimum atomic E-state index is -0.221.